The van der Waals surface area contributed by atoms with Gasteiger partial charge in [-0.05, 0) is 98.9 Å². The Morgan fingerprint density at radius 1 is 0.952 bits per heavy atom. The summed E-state index contributed by atoms with van der Waals surface area (Å²) < 4.78 is 21.7. The maximum atomic E-state index is 13.1. The second-order valence-corrected chi connectivity index (χ2v) is 10.4. The topological polar surface area (TPSA) is 112 Å². The SMILES string of the molecule is C=C(C)C(=O)OCCCCc1cc(CCCCOC(O)C(=C)C)cc2cc(-c3ccc(OC(=O)CC)cc3)c(=O)oc12. The van der Waals surface area contributed by atoms with Gasteiger partial charge in [-0.1, -0.05) is 38.3 Å². The van der Waals surface area contributed by atoms with E-state index < -0.39 is 17.9 Å². The number of rotatable bonds is 16. The number of carbonyl (C=O) groups excluding carboxylic acids is 2. The van der Waals surface area contributed by atoms with E-state index in [-0.39, 0.29) is 19.0 Å². The molecule has 0 aliphatic carbocycles. The summed E-state index contributed by atoms with van der Waals surface area (Å²) in [4.78, 5) is 36.3. The molecule has 8 nitrogen and oxygen atoms in total. The van der Waals surface area contributed by atoms with E-state index in [9.17, 15) is 19.5 Å². The van der Waals surface area contributed by atoms with Crippen LogP contribution in [-0.4, -0.2) is 36.5 Å². The molecule has 0 bridgehead atoms. The number of esters is 2. The van der Waals surface area contributed by atoms with Crippen molar-refractivity contribution in [2.45, 2.75) is 72.0 Å². The van der Waals surface area contributed by atoms with Crippen molar-refractivity contribution >= 4 is 22.9 Å². The number of fused-ring (bicyclic) bond motifs is 1. The van der Waals surface area contributed by atoms with Crippen LogP contribution in [0.5, 0.6) is 5.75 Å². The predicted octanol–water partition coefficient (Wildman–Crippen LogP) is 6.45. The maximum absolute atomic E-state index is 13.1. The summed E-state index contributed by atoms with van der Waals surface area (Å²) in [5.41, 5.74) is 4.07. The molecule has 1 atom stereocenters. The lowest BCUT2D eigenvalue weighted by molar-refractivity contribution is -0.139. The fraction of sp³-hybridized carbons (Fsp3) is 0.382. The van der Waals surface area contributed by atoms with Crippen LogP contribution in [0.15, 0.2) is 76.0 Å². The number of aryl methyl sites for hydroxylation is 2. The monoisotopic (exact) mass is 576 g/mol. The lowest BCUT2D eigenvalue weighted by atomic mass is 9.97. The normalized spacial score (nSPS) is 11.7. The van der Waals surface area contributed by atoms with Crippen LogP contribution in [0.3, 0.4) is 0 Å². The van der Waals surface area contributed by atoms with Crippen LogP contribution < -0.4 is 10.4 Å². The minimum atomic E-state index is -0.957. The first-order valence-corrected chi connectivity index (χ1v) is 14.3. The average molecular weight is 577 g/mol. The second kappa shape index (κ2) is 15.8. The highest BCUT2D eigenvalue weighted by molar-refractivity contribution is 5.87. The summed E-state index contributed by atoms with van der Waals surface area (Å²) in [5, 5.41) is 10.6. The van der Waals surface area contributed by atoms with Gasteiger partial charge in [0.1, 0.15) is 11.3 Å². The molecule has 1 N–H and O–H groups in total. The van der Waals surface area contributed by atoms with E-state index in [4.69, 9.17) is 18.6 Å². The molecule has 0 radical (unpaired) electrons. The van der Waals surface area contributed by atoms with Crippen LogP contribution in [0.4, 0.5) is 0 Å². The van der Waals surface area contributed by atoms with Crippen LogP contribution in [0.25, 0.3) is 22.1 Å². The van der Waals surface area contributed by atoms with E-state index in [1.54, 1.807) is 45.0 Å². The molecule has 0 fully saturated rings. The van der Waals surface area contributed by atoms with E-state index in [0.29, 0.717) is 53.1 Å². The molecule has 0 saturated heterocycles. The highest BCUT2D eigenvalue weighted by atomic mass is 16.6. The van der Waals surface area contributed by atoms with Crippen LogP contribution >= 0.6 is 0 Å². The number of hydrogen-bond acceptors (Lipinski definition) is 8. The predicted molar refractivity (Wildman–Crippen MR) is 162 cm³/mol. The summed E-state index contributed by atoms with van der Waals surface area (Å²) in [7, 11) is 0. The third kappa shape index (κ3) is 9.53. The van der Waals surface area contributed by atoms with Crippen molar-refractivity contribution in [2.75, 3.05) is 13.2 Å². The zero-order chi connectivity index (χ0) is 30.6. The molecule has 224 valence electrons. The maximum Gasteiger partial charge on any atom is 0.344 e. The van der Waals surface area contributed by atoms with Crippen molar-refractivity contribution in [3.63, 3.8) is 0 Å². The molecular formula is C34H40O8. The molecule has 0 spiro atoms. The number of aliphatic hydroxyl groups excluding tert-OH is 1. The van der Waals surface area contributed by atoms with Crippen molar-refractivity contribution in [1.29, 1.82) is 0 Å². The summed E-state index contributed by atoms with van der Waals surface area (Å²) in [6.07, 6.45) is 3.72. The number of aliphatic hydroxyl groups is 1. The van der Waals surface area contributed by atoms with Crippen LogP contribution in [0, 0.1) is 0 Å². The molecule has 2 aromatic carbocycles. The Bertz CT molecular complexity index is 1470. The Hall–Kier alpha value is -4.01. The van der Waals surface area contributed by atoms with Gasteiger partial charge in [0, 0.05) is 17.4 Å². The fourth-order valence-electron chi connectivity index (χ4n) is 4.29. The van der Waals surface area contributed by atoms with Crippen molar-refractivity contribution in [3.05, 3.63) is 88.3 Å². The van der Waals surface area contributed by atoms with Gasteiger partial charge in [0.25, 0.3) is 0 Å². The molecule has 8 heteroatoms. The standard InChI is InChI=1S/C34H40O8/c1-6-30(35)41-28-15-13-25(14-16-28)29-21-27-20-24(11-7-9-17-39-32(36)22(2)3)19-26(31(27)42-34(29)38)12-8-10-18-40-33(37)23(4)5/h13-16,19-21,32,36H,2,4,6-12,17-18H2,1,3,5H3. The van der Waals surface area contributed by atoms with Gasteiger partial charge in [0.2, 0.25) is 0 Å². The lowest BCUT2D eigenvalue weighted by Gasteiger charge is -2.13. The van der Waals surface area contributed by atoms with E-state index in [0.717, 1.165) is 42.2 Å². The second-order valence-electron chi connectivity index (χ2n) is 10.4. The van der Waals surface area contributed by atoms with E-state index in [1.165, 1.54) is 0 Å². The van der Waals surface area contributed by atoms with Gasteiger partial charge in [0.15, 0.2) is 6.29 Å². The molecule has 1 unspecified atom stereocenters. The Labute approximate surface area is 246 Å². The number of unbranched alkanes of at least 4 members (excludes halogenated alkanes) is 2. The van der Waals surface area contributed by atoms with Crippen molar-refractivity contribution in [3.8, 4) is 16.9 Å². The summed E-state index contributed by atoms with van der Waals surface area (Å²) in [6.45, 7) is 13.0. The first kappa shape index (κ1) is 32.5. The Kier molecular flexibility index (Phi) is 12.3. The number of ether oxygens (including phenoxy) is 3. The van der Waals surface area contributed by atoms with E-state index in [1.807, 2.05) is 12.1 Å². The van der Waals surface area contributed by atoms with Crippen molar-refractivity contribution < 1.29 is 33.3 Å². The minimum Gasteiger partial charge on any atom is -0.462 e. The van der Waals surface area contributed by atoms with Crippen LogP contribution in [0.1, 0.15) is 64.0 Å². The molecule has 3 aromatic rings. The molecule has 0 aliphatic rings. The third-order valence-electron chi connectivity index (χ3n) is 6.63. The quantitative estimate of drug-likeness (QED) is 0.0394. The average Bonchev–Trinajstić information content (AvgIpc) is 2.96. The van der Waals surface area contributed by atoms with Crippen LogP contribution in [-0.2, 0) is 31.9 Å². The molecular weight excluding hydrogens is 536 g/mol. The summed E-state index contributed by atoms with van der Waals surface area (Å²) in [5.74, 6) is -0.327. The Morgan fingerprint density at radius 2 is 1.64 bits per heavy atom. The van der Waals surface area contributed by atoms with Gasteiger partial charge in [0.05, 0.1) is 18.8 Å². The molecule has 0 amide bonds. The third-order valence-corrected chi connectivity index (χ3v) is 6.63. The van der Waals surface area contributed by atoms with Crippen molar-refractivity contribution in [1.82, 2.24) is 0 Å². The largest absolute Gasteiger partial charge is 0.462 e. The number of benzene rings is 2. The highest BCUT2D eigenvalue weighted by Gasteiger charge is 2.14. The van der Waals surface area contributed by atoms with Gasteiger partial charge in [-0.15, -0.1) is 0 Å². The zero-order valence-corrected chi connectivity index (χ0v) is 24.7. The van der Waals surface area contributed by atoms with Gasteiger partial charge in [-0.25, -0.2) is 9.59 Å². The highest BCUT2D eigenvalue weighted by Crippen LogP contribution is 2.28. The zero-order valence-electron chi connectivity index (χ0n) is 24.7. The first-order chi connectivity index (χ1) is 20.1. The van der Waals surface area contributed by atoms with Gasteiger partial charge >= 0.3 is 17.6 Å². The van der Waals surface area contributed by atoms with E-state index >= 15 is 0 Å². The molecule has 3 rings (SSSR count). The number of hydrogen-bond donors (Lipinski definition) is 1. The smallest absolute Gasteiger partial charge is 0.344 e. The van der Waals surface area contributed by atoms with Gasteiger partial charge < -0.3 is 23.7 Å². The Balaban J connectivity index is 1.82. The van der Waals surface area contributed by atoms with Crippen LogP contribution in [0.2, 0.25) is 0 Å². The number of carbonyl (C=O) groups is 2. The first-order valence-electron chi connectivity index (χ1n) is 14.3. The molecule has 1 aromatic heterocycles. The molecule has 0 saturated carbocycles. The summed E-state index contributed by atoms with van der Waals surface area (Å²) >= 11 is 0. The van der Waals surface area contributed by atoms with Crippen molar-refractivity contribution in [2.24, 2.45) is 0 Å². The van der Waals surface area contributed by atoms with Gasteiger partial charge in [-0.3, -0.25) is 4.79 Å². The minimum absolute atomic E-state index is 0.268. The fourth-order valence-corrected chi connectivity index (χ4v) is 4.29. The van der Waals surface area contributed by atoms with Gasteiger partial charge in [-0.2, -0.15) is 0 Å². The molecule has 42 heavy (non-hydrogen) atoms. The lowest BCUT2D eigenvalue weighted by Crippen LogP contribution is -2.13. The van der Waals surface area contributed by atoms with E-state index in [2.05, 4.69) is 19.2 Å². The Morgan fingerprint density at radius 3 is 2.31 bits per heavy atom. The molecule has 0 aliphatic heterocycles. The summed E-state index contributed by atoms with van der Waals surface area (Å²) in [6, 6.07) is 12.7. The molecule has 1 heterocycles.